The fourth-order valence-electron chi connectivity index (χ4n) is 4.29. The van der Waals surface area contributed by atoms with Gasteiger partial charge in [0.15, 0.2) is 0 Å². The smallest absolute Gasteiger partial charge is 0.494 e. The Hall–Kier alpha value is -4.75. The number of pyridine rings is 1. The maximum atomic E-state index is 13.3. The molecule has 0 radical (unpaired) electrons. The van der Waals surface area contributed by atoms with Crippen molar-refractivity contribution >= 4 is 11.6 Å². The lowest BCUT2D eigenvalue weighted by Gasteiger charge is -2.13. The Morgan fingerprint density at radius 1 is 0.977 bits per heavy atom. The minimum absolute atomic E-state index is 0.120. The zero-order valence-electron chi connectivity index (χ0n) is 22.3. The number of aromatic amines is 1. The van der Waals surface area contributed by atoms with Crippen molar-refractivity contribution in [1.82, 2.24) is 14.8 Å². The Morgan fingerprint density at radius 2 is 1.65 bits per heavy atom. The van der Waals surface area contributed by atoms with Gasteiger partial charge in [-0.2, -0.15) is 18.3 Å². The first-order valence-electron chi connectivity index (χ1n) is 13.1. The fourth-order valence-corrected chi connectivity index (χ4v) is 4.29. The van der Waals surface area contributed by atoms with E-state index in [1.54, 1.807) is 47.3 Å². The molecule has 2 aromatic heterocycles. The molecular formula is C29H24F6N4O4. The standard InChI is InChI=1S/C29H24F6N4O4/c30-28(31,32)13-1-15-42-20-8-2-17(3-9-20)24-16-22(23-12-14-39(38-23)19-6-7-19)25(27(41)37-24)26(40)36-18-4-10-21(11-5-18)43-29(33,34)35/h2-5,8-12,14,16,19H,1,6-7,13,15H2,(H,36,40)(H,37,41). The Bertz CT molecular complexity index is 1640. The van der Waals surface area contributed by atoms with E-state index in [1.165, 1.54) is 12.1 Å². The Kier molecular flexibility index (Phi) is 8.20. The second-order valence-electron chi connectivity index (χ2n) is 9.83. The van der Waals surface area contributed by atoms with Crippen molar-refractivity contribution < 1.29 is 40.6 Å². The van der Waals surface area contributed by atoms with E-state index in [2.05, 4.69) is 20.1 Å². The summed E-state index contributed by atoms with van der Waals surface area (Å²) in [5.41, 5.74) is 0.594. The van der Waals surface area contributed by atoms with Gasteiger partial charge in [0, 0.05) is 29.6 Å². The number of nitrogens with one attached hydrogen (secondary N) is 2. The highest BCUT2D eigenvalue weighted by molar-refractivity contribution is 6.08. The first kappa shape index (κ1) is 29.7. The predicted octanol–water partition coefficient (Wildman–Crippen LogP) is 7.11. The van der Waals surface area contributed by atoms with Gasteiger partial charge in [0.25, 0.3) is 11.5 Å². The molecule has 4 aromatic rings. The zero-order chi connectivity index (χ0) is 30.8. The number of hydrogen-bond acceptors (Lipinski definition) is 5. The maximum Gasteiger partial charge on any atom is 0.573 e. The van der Waals surface area contributed by atoms with Crippen molar-refractivity contribution in [1.29, 1.82) is 0 Å². The van der Waals surface area contributed by atoms with E-state index >= 15 is 0 Å². The lowest BCUT2D eigenvalue weighted by atomic mass is 10.0. The van der Waals surface area contributed by atoms with Crippen LogP contribution in [0.2, 0.25) is 0 Å². The number of halogens is 6. The van der Waals surface area contributed by atoms with Crippen LogP contribution in [0.25, 0.3) is 22.5 Å². The number of H-pyrrole nitrogens is 1. The highest BCUT2D eigenvalue weighted by Crippen LogP contribution is 2.35. The van der Waals surface area contributed by atoms with Crippen LogP contribution in [0.5, 0.6) is 11.5 Å². The molecule has 2 aromatic carbocycles. The molecule has 2 N–H and O–H groups in total. The summed E-state index contributed by atoms with van der Waals surface area (Å²) < 4.78 is 85.4. The SMILES string of the molecule is O=C(Nc1ccc(OC(F)(F)F)cc1)c1c(-c2ccn(C3CC3)n2)cc(-c2ccc(OCCCC(F)(F)F)cc2)[nH]c1=O. The van der Waals surface area contributed by atoms with E-state index in [9.17, 15) is 35.9 Å². The van der Waals surface area contributed by atoms with Gasteiger partial charge in [0.1, 0.15) is 17.1 Å². The average molecular weight is 607 g/mol. The second-order valence-corrected chi connectivity index (χ2v) is 9.83. The van der Waals surface area contributed by atoms with Gasteiger partial charge in [0.2, 0.25) is 0 Å². The summed E-state index contributed by atoms with van der Waals surface area (Å²) in [7, 11) is 0. The number of aromatic nitrogens is 3. The molecule has 5 rings (SSSR count). The molecular weight excluding hydrogens is 582 g/mol. The van der Waals surface area contributed by atoms with E-state index in [1.807, 2.05) is 0 Å². The molecule has 1 amide bonds. The van der Waals surface area contributed by atoms with Crippen LogP contribution in [-0.4, -0.2) is 39.8 Å². The largest absolute Gasteiger partial charge is 0.573 e. The van der Waals surface area contributed by atoms with Crippen molar-refractivity contribution in [2.45, 2.75) is 44.3 Å². The summed E-state index contributed by atoms with van der Waals surface area (Å²) in [6.07, 6.45) is -6.62. The van der Waals surface area contributed by atoms with Crippen LogP contribution in [0.1, 0.15) is 42.1 Å². The summed E-state index contributed by atoms with van der Waals surface area (Å²) in [6, 6.07) is 14.3. The van der Waals surface area contributed by atoms with Gasteiger partial charge in [0.05, 0.1) is 18.3 Å². The molecule has 14 heteroatoms. The molecule has 0 unspecified atom stereocenters. The van der Waals surface area contributed by atoms with Crippen LogP contribution < -0.4 is 20.3 Å². The summed E-state index contributed by atoms with van der Waals surface area (Å²) in [4.78, 5) is 29.3. The third-order valence-electron chi connectivity index (χ3n) is 6.45. The van der Waals surface area contributed by atoms with Gasteiger partial charge in [-0.1, -0.05) is 0 Å². The number of ether oxygens (including phenoxy) is 2. The van der Waals surface area contributed by atoms with Crippen LogP contribution in [0.4, 0.5) is 32.0 Å². The highest BCUT2D eigenvalue weighted by atomic mass is 19.4. The van der Waals surface area contributed by atoms with Gasteiger partial charge in [-0.05, 0) is 85.5 Å². The number of carbonyl (C=O) groups excluding carboxylic acids is 1. The van der Waals surface area contributed by atoms with Gasteiger partial charge in [-0.25, -0.2) is 0 Å². The van der Waals surface area contributed by atoms with Gasteiger partial charge in [-0.3, -0.25) is 14.3 Å². The van der Waals surface area contributed by atoms with Crippen LogP contribution >= 0.6 is 0 Å². The summed E-state index contributed by atoms with van der Waals surface area (Å²) in [5.74, 6) is -0.938. The minimum Gasteiger partial charge on any atom is -0.494 e. The van der Waals surface area contributed by atoms with E-state index in [4.69, 9.17) is 4.74 Å². The molecule has 1 aliphatic carbocycles. The Balaban J connectivity index is 1.40. The molecule has 43 heavy (non-hydrogen) atoms. The minimum atomic E-state index is -4.87. The van der Waals surface area contributed by atoms with Crippen molar-refractivity contribution in [3.8, 4) is 34.0 Å². The van der Waals surface area contributed by atoms with Gasteiger partial charge < -0.3 is 19.8 Å². The number of carbonyl (C=O) groups is 1. The zero-order valence-corrected chi connectivity index (χ0v) is 22.3. The van der Waals surface area contributed by atoms with Crippen LogP contribution in [0.3, 0.4) is 0 Å². The molecule has 8 nitrogen and oxygen atoms in total. The van der Waals surface area contributed by atoms with E-state index < -0.39 is 36.2 Å². The van der Waals surface area contributed by atoms with Crippen molar-refractivity contribution in [2.75, 3.05) is 11.9 Å². The topological polar surface area (TPSA) is 98.2 Å². The van der Waals surface area contributed by atoms with Gasteiger partial charge >= 0.3 is 12.5 Å². The first-order valence-corrected chi connectivity index (χ1v) is 13.1. The Labute approximate surface area is 240 Å². The predicted molar refractivity (Wildman–Crippen MR) is 144 cm³/mol. The maximum absolute atomic E-state index is 13.3. The molecule has 1 saturated carbocycles. The molecule has 0 aliphatic heterocycles. The quantitative estimate of drug-likeness (QED) is 0.148. The monoisotopic (exact) mass is 606 g/mol. The number of rotatable bonds is 10. The summed E-state index contributed by atoms with van der Waals surface area (Å²) in [5, 5.41) is 7.07. The summed E-state index contributed by atoms with van der Waals surface area (Å²) in [6.45, 7) is -0.120. The van der Waals surface area contributed by atoms with Crippen molar-refractivity contribution in [3.05, 3.63) is 82.8 Å². The van der Waals surface area contributed by atoms with E-state index in [0.717, 1.165) is 25.0 Å². The van der Waals surface area contributed by atoms with Crippen molar-refractivity contribution in [2.24, 2.45) is 0 Å². The molecule has 226 valence electrons. The van der Waals surface area contributed by atoms with E-state index in [0.29, 0.717) is 22.7 Å². The molecule has 2 heterocycles. The molecule has 0 saturated heterocycles. The number of anilines is 1. The molecule has 1 aliphatic rings. The number of nitrogens with zero attached hydrogens (tertiary/aromatic N) is 2. The highest BCUT2D eigenvalue weighted by Gasteiger charge is 2.31. The van der Waals surface area contributed by atoms with Crippen LogP contribution in [0.15, 0.2) is 71.7 Å². The molecule has 0 bridgehead atoms. The normalized spacial score (nSPS) is 13.5. The van der Waals surface area contributed by atoms with Crippen LogP contribution in [-0.2, 0) is 0 Å². The number of alkyl halides is 6. The lowest BCUT2D eigenvalue weighted by molar-refractivity contribution is -0.274. The second kappa shape index (κ2) is 11.9. The lowest BCUT2D eigenvalue weighted by Crippen LogP contribution is -2.25. The molecule has 1 fully saturated rings. The third-order valence-corrected chi connectivity index (χ3v) is 6.45. The number of hydrogen-bond donors (Lipinski definition) is 2. The third kappa shape index (κ3) is 7.96. The van der Waals surface area contributed by atoms with E-state index in [-0.39, 0.29) is 35.9 Å². The van der Waals surface area contributed by atoms with Crippen molar-refractivity contribution in [3.63, 3.8) is 0 Å². The Morgan fingerprint density at radius 3 is 2.28 bits per heavy atom. The number of amides is 1. The fraction of sp³-hybridized carbons (Fsp3) is 0.276. The molecule has 0 spiro atoms. The van der Waals surface area contributed by atoms with Crippen LogP contribution in [0, 0.1) is 0 Å². The number of benzene rings is 2. The summed E-state index contributed by atoms with van der Waals surface area (Å²) >= 11 is 0. The average Bonchev–Trinajstić information content (AvgIpc) is 3.67. The first-order chi connectivity index (χ1) is 20.3. The molecule has 0 atom stereocenters. The van der Waals surface area contributed by atoms with Gasteiger partial charge in [-0.15, -0.1) is 13.2 Å².